The van der Waals surface area contributed by atoms with Crippen molar-refractivity contribution in [3.63, 3.8) is 0 Å². The van der Waals surface area contributed by atoms with E-state index in [4.69, 9.17) is 0 Å². The lowest BCUT2D eigenvalue weighted by molar-refractivity contribution is 0.0455. The molecule has 1 aromatic rings. The predicted octanol–water partition coefficient (Wildman–Crippen LogP) is 2.59. The van der Waals surface area contributed by atoms with Gasteiger partial charge in [0, 0.05) is 12.1 Å². The van der Waals surface area contributed by atoms with Gasteiger partial charge in [-0.05, 0) is 50.8 Å². The summed E-state index contributed by atoms with van der Waals surface area (Å²) in [4.78, 5) is 2.30. The summed E-state index contributed by atoms with van der Waals surface area (Å²) >= 11 is 0. The number of hydrogen-bond acceptors (Lipinski definition) is 3. The molecule has 1 aliphatic rings. The van der Waals surface area contributed by atoms with Crippen LogP contribution in [0, 0.1) is 17.7 Å². The Morgan fingerprint density at radius 2 is 1.81 bits per heavy atom. The quantitative estimate of drug-likeness (QED) is 0.877. The van der Waals surface area contributed by atoms with Gasteiger partial charge in [0.15, 0.2) is 0 Å². The minimum atomic E-state index is -0.777. The third-order valence-corrected chi connectivity index (χ3v) is 4.62. The van der Waals surface area contributed by atoms with Gasteiger partial charge in [0.2, 0.25) is 0 Å². The maximum absolute atomic E-state index is 13.7. The van der Waals surface area contributed by atoms with Crippen molar-refractivity contribution in [2.24, 2.45) is 11.8 Å². The van der Waals surface area contributed by atoms with E-state index in [1.54, 1.807) is 18.2 Å². The number of rotatable bonds is 5. The number of piperidine rings is 1. The molecule has 0 radical (unpaired) electrons. The summed E-state index contributed by atoms with van der Waals surface area (Å²) in [6.45, 7) is 6.43. The van der Waals surface area contributed by atoms with Crippen molar-refractivity contribution in [2.45, 2.75) is 38.9 Å². The van der Waals surface area contributed by atoms with Crippen molar-refractivity contribution in [1.29, 1.82) is 0 Å². The molecule has 0 aliphatic carbocycles. The van der Waals surface area contributed by atoms with Crippen molar-refractivity contribution in [3.05, 3.63) is 35.6 Å². The van der Waals surface area contributed by atoms with Crippen molar-refractivity contribution in [2.75, 3.05) is 19.6 Å². The molecule has 1 aliphatic heterocycles. The average Bonchev–Trinajstić information content (AvgIpc) is 2.47. The molecule has 0 spiro atoms. The second-order valence-electron chi connectivity index (χ2n) is 6.32. The first-order valence-corrected chi connectivity index (χ1v) is 7.82. The lowest BCUT2D eigenvalue weighted by atomic mass is 9.90. The van der Waals surface area contributed by atoms with Crippen LogP contribution in [-0.4, -0.2) is 40.9 Å². The monoisotopic (exact) mass is 295 g/mol. The van der Waals surface area contributed by atoms with Crippen LogP contribution in [0.1, 0.15) is 38.4 Å². The zero-order chi connectivity index (χ0) is 15.4. The van der Waals surface area contributed by atoms with E-state index < -0.39 is 6.10 Å². The van der Waals surface area contributed by atoms with Gasteiger partial charge in [-0.15, -0.1) is 0 Å². The predicted molar refractivity (Wildman–Crippen MR) is 81.4 cm³/mol. The molecule has 118 valence electrons. The molecular formula is C17H26FNO2. The number of nitrogens with zero attached hydrogens (tertiary/aromatic N) is 1. The third kappa shape index (κ3) is 4.25. The standard InChI is InChI=1S/C17H26FNO2/c1-12(17(21)15-5-3-4-6-16(15)18)11-19-9-7-14(8-10-19)13(2)20/h3-6,12-14,17,20-21H,7-11H2,1-2H3. The molecular weight excluding hydrogens is 269 g/mol. The molecule has 3 nitrogen and oxygen atoms in total. The molecule has 4 heteroatoms. The summed E-state index contributed by atoms with van der Waals surface area (Å²) in [6.07, 6.45) is 0.953. The Balaban J connectivity index is 1.87. The Morgan fingerprint density at radius 1 is 1.19 bits per heavy atom. The van der Waals surface area contributed by atoms with Crippen molar-refractivity contribution >= 4 is 0 Å². The van der Waals surface area contributed by atoms with E-state index in [0.717, 1.165) is 32.5 Å². The number of aliphatic hydroxyl groups excluding tert-OH is 2. The number of halogens is 1. The van der Waals surface area contributed by atoms with Gasteiger partial charge in [0.05, 0.1) is 12.2 Å². The molecule has 0 bridgehead atoms. The molecule has 2 rings (SSSR count). The fourth-order valence-corrected chi connectivity index (χ4v) is 3.15. The fourth-order valence-electron chi connectivity index (χ4n) is 3.15. The molecule has 1 heterocycles. The van der Waals surface area contributed by atoms with E-state index in [-0.39, 0.29) is 17.8 Å². The summed E-state index contributed by atoms with van der Waals surface area (Å²) in [5, 5.41) is 19.9. The first-order chi connectivity index (χ1) is 9.99. The van der Waals surface area contributed by atoms with Crippen LogP contribution in [0.25, 0.3) is 0 Å². The lowest BCUT2D eigenvalue weighted by Gasteiger charge is -2.35. The molecule has 0 aromatic heterocycles. The van der Waals surface area contributed by atoms with Gasteiger partial charge < -0.3 is 15.1 Å². The van der Waals surface area contributed by atoms with Crippen LogP contribution in [0.5, 0.6) is 0 Å². The van der Waals surface area contributed by atoms with Gasteiger partial charge in [0.25, 0.3) is 0 Å². The van der Waals surface area contributed by atoms with Gasteiger partial charge in [-0.25, -0.2) is 4.39 Å². The van der Waals surface area contributed by atoms with E-state index in [2.05, 4.69) is 4.90 Å². The van der Waals surface area contributed by atoms with Gasteiger partial charge in [0.1, 0.15) is 5.82 Å². The lowest BCUT2D eigenvalue weighted by Crippen LogP contribution is -2.40. The first kappa shape index (κ1) is 16.4. The van der Waals surface area contributed by atoms with Crippen molar-refractivity contribution < 1.29 is 14.6 Å². The van der Waals surface area contributed by atoms with Crippen LogP contribution in [-0.2, 0) is 0 Å². The molecule has 3 atom stereocenters. The van der Waals surface area contributed by atoms with E-state index in [1.165, 1.54) is 6.07 Å². The number of benzene rings is 1. The Labute approximate surface area is 126 Å². The number of aliphatic hydroxyl groups is 2. The zero-order valence-corrected chi connectivity index (χ0v) is 12.9. The zero-order valence-electron chi connectivity index (χ0n) is 12.9. The third-order valence-electron chi connectivity index (χ3n) is 4.62. The highest BCUT2D eigenvalue weighted by Gasteiger charge is 2.26. The summed E-state index contributed by atoms with van der Waals surface area (Å²) in [7, 11) is 0. The van der Waals surface area contributed by atoms with E-state index in [0.29, 0.717) is 11.5 Å². The summed E-state index contributed by atoms with van der Waals surface area (Å²) in [5.74, 6) is 0.0164. The van der Waals surface area contributed by atoms with Crippen LogP contribution < -0.4 is 0 Å². The molecule has 1 fully saturated rings. The van der Waals surface area contributed by atoms with Gasteiger partial charge in [-0.3, -0.25) is 0 Å². The molecule has 0 saturated carbocycles. The highest BCUT2D eigenvalue weighted by atomic mass is 19.1. The highest BCUT2D eigenvalue weighted by Crippen LogP contribution is 2.27. The topological polar surface area (TPSA) is 43.7 Å². The van der Waals surface area contributed by atoms with E-state index in [1.807, 2.05) is 13.8 Å². The van der Waals surface area contributed by atoms with E-state index >= 15 is 0 Å². The SMILES string of the molecule is CC(O)C1CCN(CC(C)C(O)c2ccccc2F)CC1. The molecule has 2 N–H and O–H groups in total. The van der Waals surface area contributed by atoms with E-state index in [9.17, 15) is 14.6 Å². The molecule has 0 amide bonds. The Kier molecular flexibility index (Phi) is 5.73. The van der Waals surface area contributed by atoms with Gasteiger partial charge in [-0.1, -0.05) is 25.1 Å². The summed E-state index contributed by atoms with van der Waals surface area (Å²) < 4.78 is 13.7. The largest absolute Gasteiger partial charge is 0.393 e. The smallest absolute Gasteiger partial charge is 0.129 e. The highest BCUT2D eigenvalue weighted by molar-refractivity contribution is 5.20. The molecule has 1 aromatic carbocycles. The van der Waals surface area contributed by atoms with Crippen LogP contribution >= 0.6 is 0 Å². The maximum Gasteiger partial charge on any atom is 0.129 e. The summed E-state index contributed by atoms with van der Waals surface area (Å²) in [6, 6.07) is 6.43. The van der Waals surface area contributed by atoms with Crippen molar-refractivity contribution in [3.8, 4) is 0 Å². The minimum Gasteiger partial charge on any atom is -0.393 e. The average molecular weight is 295 g/mol. The van der Waals surface area contributed by atoms with Gasteiger partial charge in [-0.2, -0.15) is 0 Å². The first-order valence-electron chi connectivity index (χ1n) is 7.82. The molecule has 1 saturated heterocycles. The number of likely N-dealkylation sites (tertiary alicyclic amines) is 1. The molecule has 21 heavy (non-hydrogen) atoms. The summed E-state index contributed by atoms with van der Waals surface area (Å²) in [5.41, 5.74) is 0.379. The van der Waals surface area contributed by atoms with Gasteiger partial charge >= 0.3 is 0 Å². The number of hydrogen-bond donors (Lipinski definition) is 2. The second kappa shape index (κ2) is 7.34. The fraction of sp³-hybridized carbons (Fsp3) is 0.647. The normalized spacial score (nSPS) is 22.0. The van der Waals surface area contributed by atoms with Crippen molar-refractivity contribution in [1.82, 2.24) is 4.90 Å². The van der Waals surface area contributed by atoms with Crippen LogP contribution in [0.15, 0.2) is 24.3 Å². The second-order valence-corrected chi connectivity index (χ2v) is 6.32. The minimum absolute atomic E-state index is 0.0231. The molecule has 3 unspecified atom stereocenters. The Hall–Kier alpha value is -0.970. The van der Waals surface area contributed by atoms with Crippen LogP contribution in [0.2, 0.25) is 0 Å². The Bertz CT molecular complexity index is 444. The van der Waals surface area contributed by atoms with Crippen LogP contribution in [0.4, 0.5) is 4.39 Å². The Morgan fingerprint density at radius 3 is 2.38 bits per heavy atom. The maximum atomic E-state index is 13.7. The van der Waals surface area contributed by atoms with Crippen LogP contribution in [0.3, 0.4) is 0 Å².